The molecule has 1 fully saturated rings. The third-order valence-corrected chi connectivity index (χ3v) is 5.31. The molecule has 2 aliphatic heterocycles. The molecule has 1 saturated heterocycles. The topological polar surface area (TPSA) is 150 Å². The van der Waals surface area contributed by atoms with Gasteiger partial charge in [-0.15, -0.1) is 0 Å². The molecule has 2 N–H and O–H groups in total. The zero-order chi connectivity index (χ0) is 25.2. The molecule has 0 aliphatic carbocycles. The predicted molar refractivity (Wildman–Crippen MR) is 121 cm³/mol. The Kier molecular flexibility index (Phi) is 9.70. The number of nitrogens with one attached hydrogen (secondary N) is 2. The molecule has 12 nitrogen and oxygen atoms in total. The number of carbonyl (C=O) groups excluding carboxylic acids is 5. The highest BCUT2D eigenvalue weighted by Crippen LogP contribution is 2.32. The molecule has 2 heterocycles. The summed E-state index contributed by atoms with van der Waals surface area (Å²) in [5.74, 6) is -2.52. The number of ether oxygens (including phenoxy) is 4. The van der Waals surface area contributed by atoms with Crippen molar-refractivity contribution in [1.29, 1.82) is 0 Å². The Hall–Kier alpha value is -3.35. The van der Waals surface area contributed by atoms with Gasteiger partial charge in [-0.2, -0.15) is 0 Å². The fourth-order valence-electron chi connectivity index (χ4n) is 3.71. The number of imide groups is 2. The Morgan fingerprint density at radius 1 is 0.971 bits per heavy atom. The van der Waals surface area contributed by atoms with Gasteiger partial charge in [0.1, 0.15) is 12.6 Å². The van der Waals surface area contributed by atoms with Crippen LogP contribution in [0.1, 0.15) is 40.5 Å². The van der Waals surface area contributed by atoms with E-state index in [0.29, 0.717) is 51.9 Å². The van der Waals surface area contributed by atoms with E-state index in [2.05, 4.69) is 10.6 Å². The quantitative estimate of drug-likeness (QED) is 0.209. The molecule has 1 aromatic carbocycles. The second-order valence-corrected chi connectivity index (χ2v) is 7.78. The molecule has 1 aromatic rings. The number of nitrogens with zero attached hydrogens (tertiary/aromatic N) is 1. The summed E-state index contributed by atoms with van der Waals surface area (Å²) in [5, 5.41) is 5.28. The molecule has 2 aliphatic rings. The highest BCUT2D eigenvalue weighted by Gasteiger charge is 2.45. The number of esters is 1. The summed E-state index contributed by atoms with van der Waals surface area (Å²) in [7, 11) is 0. The van der Waals surface area contributed by atoms with E-state index in [1.165, 1.54) is 6.92 Å². The van der Waals surface area contributed by atoms with E-state index in [0.717, 1.165) is 4.90 Å². The van der Waals surface area contributed by atoms with Crippen LogP contribution in [-0.2, 0) is 33.3 Å². The summed E-state index contributed by atoms with van der Waals surface area (Å²) < 4.78 is 20.9. The van der Waals surface area contributed by atoms with E-state index < -0.39 is 29.7 Å². The largest absolute Gasteiger partial charge is 0.463 e. The molecule has 4 amide bonds. The van der Waals surface area contributed by atoms with E-state index in [1.807, 2.05) is 0 Å². The van der Waals surface area contributed by atoms with E-state index in [9.17, 15) is 24.0 Å². The lowest BCUT2D eigenvalue weighted by Gasteiger charge is -2.27. The van der Waals surface area contributed by atoms with Gasteiger partial charge in [0, 0.05) is 25.6 Å². The number of fused-ring (bicyclic) bond motifs is 1. The van der Waals surface area contributed by atoms with Gasteiger partial charge in [-0.1, -0.05) is 6.07 Å². The minimum atomic E-state index is -1.00. The van der Waals surface area contributed by atoms with Gasteiger partial charge in [0.15, 0.2) is 0 Å². The summed E-state index contributed by atoms with van der Waals surface area (Å²) in [6, 6.07) is 3.88. The van der Waals surface area contributed by atoms with Crippen molar-refractivity contribution in [2.75, 3.05) is 58.1 Å². The normalized spacial score (nSPS) is 17.4. The maximum Gasteiger partial charge on any atom is 0.302 e. The SMILES string of the molecule is CC(=O)OCCOCCOCCOCCNc1cccc2c1C(=O)N(C1CCC(=O)NC1=O)C2=O. The Balaban J connectivity index is 1.36. The molecule has 0 spiro atoms. The van der Waals surface area contributed by atoms with Gasteiger partial charge >= 0.3 is 5.97 Å². The van der Waals surface area contributed by atoms with Crippen LogP contribution in [0.3, 0.4) is 0 Å². The molecular formula is C23H29N3O9. The monoisotopic (exact) mass is 491 g/mol. The third-order valence-electron chi connectivity index (χ3n) is 5.31. The Labute approximate surface area is 202 Å². The van der Waals surface area contributed by atoms with Crippen molar-refractivity contribution in [3.05, 3.63) is 29.3 Å². The van der Waals surface area contributed by atoms with Crippen LogP contribution in [0.5, 0.6) is 0 Å². The molecule has 1 atom stereocenters. The van der Waals surface area contributed by atoms with Crippen LogP contribution in [0.4, 0.5) is 5.69 Å². The molecule has 0 radical (unpaired) electrons. The molecule has 35 heavy (non-hydrogen) atoms. The second kappa shape index (κ2) is 12.9. The van der Waals surface area contributed by atoms with E-state index in [1.54, 1.807) is 18.2 Å². The zero-order valence-corrected chi connectivity index (χ0v) is 19.5. The first kappa shape index (κ1) is 26.3. The van der Waals surface area contributed by atoms with Crippen molar-refractivity contribution in [1.82, 2.24) is 10.2 Å². The lowest BCUT2D eigenvalue weighted by Crippen LogP contribution is -2.54. The molecule has 0 aromatic heterocycles. The average Bonchev–Trinajstić information content (AvgIpc) is 3.07. The van der Waals surface area contributed by atoms with Crippen molar-refractivity contribution in [2.24, 2.45) is 0 Å². The lowest BCUT2D eigenvalue weighted by atomic mass is 10.0. The van der Waals surface area contributed by atoms with E-state index in [-0.39, 0.29) is 36.5 Å². The minimum absolute atomic E-state index is 0.0685. The first-order valence-electron chi connectivity index (χ1n) is 11.3. The van der Waals surface area contributed by atoms with Crippen molar-refractivity contribution in [2.45, 2.75) is 25.8 Å². The highest BCUT2D eigenvalue weighted by atomic mass is 16.6. The number of benzene rings is 1. The summed E-state index contributed by atoms with van der Waals surface area (Å²) in [4.78, 5) is 61.0. The zero-order valence-electron chi connectivity index (χ0n) is 19.5. The Morgan fingerprint density at radius 2 is 1.63 bits per heavy atom. The summed E-state index contributed by atoms with van der Waals surface area (Å²) >= 11 is 0. The number of hydrogen-bond acceptors (Lipinski definition) is 10. The van der Waals surface area contributed by atoms with Crippen LogP contribution in [0.15, 0.2) is 18.2 Å². The van der Waals surface area contributed by atoms with Crippen LogP contribution in [0.25, 0.3) is 0 Å². The van der Waals surface area contributed by atoms with E-state index in [4.69, 9.17) is 18.9 Å². The van der Waals surface area contributed by atoms with Crippen LogP contribution >= 0.6 is 0 Å². The Bertz CT molecular complexity index is 966. The van der Waals surface area contributed by atoms with Crippen LogP contribution in [0, 0.1) is 0 Å². The molecule has 3 rings (SSSR count). The van der Waals surface area contributed by atoms with Gasteiger partial charge in [0.2, 0.25) is 11.8 Å². The fraction of sp³-hybridized carbons (Fsp3) is 0.522. The van der Waals surface area contributed by atoms with Crippen LogP contribution in [0.2, 0.25) is 0 Å². The van der Waals surface area contributed by atoms with Crippen LogP contribution in [-0.4, -0.2) is 93.3 Å². The number of hydrogen-bond donors (Lipinski definition) is 2. The van der Waals surface area contributed by atoms with Crippen molar-refractivity contribution < 1.29 is 42.9 Å². The number of carbonyl (C=O) groups is 5. The fourth-order valence-corrected chi connectivity index (χ4v) is 3.71. The molecule has 12 heteroatoms. The van der Waals surface area contributed by atoms with Gasteiger partial charge in [-0.25, -0.2) is 0 Å². The molecule has 1 unspecified atom stereocenters. The molecule has 190 valence electrons. The molecule has 0 bridgehead atoms. The van der Waals surface area contributed by atoms with Gasteiger partial charge < -0.3 is 24.3 Å². The Morgan fingerprint density at radius 3 is 2.29 bits per heavy atom. The minimum Gasteiger partial charge on any atom is -0.463 e. The van der Waals surface area contributed by atoms with Gasteiger partial charge in [0.05, 0.1) is 50.8 Å². The number of piperidine rings is 1. The van der Waals surface area contributed by atoms with E-state index >= 15 is 0 Å². The maximum atomic E-state index is 13.0. The maximum absolute atomic E-state index is 13.0. The summed E-state index contributed by atoms with van der Waals surface area (Å²) in [6.07, 6.45) is 0.175. The number of anilines is 1. The highest BCUT2D eigenvalue weighted by molar-refractivity contribution is 6.25. The van der Waals surface area contributed by atoms with Crippen LogP contribution < -0.4 is 10.6 Å². The summed E-state index contributed by atoms with van der Waals surface area (Å²) in [5.41, 5.74) is 0.898. The molecular weight excluding hydrogens is 462 g/mol. The van der Waals surface area contributed by atoms with Gasteiger partial charge in [-0.3, -0.25) is 34.2 Å². The first-order chi connectivity index (χ1) is 16.9. The number of rotatable bonds is 14. The van der Waals surface area contributed by atoms with Crippen molar-refractivity contribution >= 4 is 35.3 Å². The number of amides is 4. The second-order valence-electron chi connectivity index (χ2n) is 7.78. The predicted octanol–water partition coefficient (Wildman–Crippen LogP) is 0.113. The lowest BCUT2D eigenvalue weighted by molar-refractivity contribution is -0.142. The molecule has 0 saturated carbocycles. The van der Waals surface area contributed by atoms with Crippen molar-refractivity contribution in [3.8, 4) is 0 Å². The first-order valence-corrected chi connectivity index (χ1v) is 11.3. The van der Waals surface area contributed by atoms with Gasteiger partial charge in [0.25, 0.3) is 11.8 Å². The standard InChI is InChI=1S/C23H29N3O9/c1-15(27)35-14-13-34-12-11-33-10-9-32-8-7-24-17-4-2-3-16-20(17)23(31)26(22(16)30)18-5-6-19(28)25-21(18)29/h2-4,18,24H,5-14H2,1H3,(H,25,28,29). The van der Waals surface area contributed by atoms with Crippen molar-refractivity contribution in [3.63, 3.8) is 0 Å². The van der Waals surface area contributed by atoms with Gasteiger partial charge in [-0.05, 0) is 18.6 Å². The summed E-state index contributed by atoms with van der Waals surface area (Å²) in [6.45, 7) is 4.09. The average molecular weight is 491 g/mol. The third kappa shape index (κ3) is 7.07. The smallest absolute Gasteiger partial charge is 0.302 e.